The van der Waals surface area contributed by atoms with Crippen LogP contribution in [-0.4, -0.2) is 16.8 Å². The number of aliphatic imine (C=N–C) groups is 1. The first kappa shape index (κ1) is 9.09. The molecular formula is C13H9NO2. The third-order valence-electron chi connectivity index (χ3n) is 2.86. The largest absolute Gasteiger partial charge is 0.478 e. The number of allylic oxidation sites excluding steroid dienone is 1. The third kappa shape index (κ3) is 1.29. The predicted octanol–water partition coefficient (Wildman–Crippen LogP) is 0.688. The molecule has 16 heavy (non-hydrogen) atoms. The molecule has 78 valence electrons. The lowest BCUT2D eigenvalue weighted by Crippen LogP contribution is -2.33. The number of aromatic carboxylic acids is 1. The van der Waals surface area contributed by atoms with E-state index >= 15 is 0 Å². The van der Waals surface area contributed by atoms with E-state index in [1.54, 1.807) is 18.3 Å². The molecule has 0 atom stereocenters. The number of benzene rings is 1. The van der Waals surface area contributed by atoms with Gasteiger partial charge in [0.2, 0.25) is 0 Å². The Kier molecular flexibility index (Phi) is 1.80. The van der Waals surface area contributed by atoms with Gasteiger partial charge in [-0.25, -0.2) is 4.79 Å². The van der Waals surface area contributed by atoms with Gasteiger partial charge in [-0.15, -0.1) is 0 Å². The summed E-state index contributed by atoms with van der Waals surface area (Å²) in [7, 11) is 0. The van der Waals surface area contributed by atoms with Crippen LogP contribution in [-0.2, 0) is 0 Å². The zero-order valence-corrected chi connectivity index (χ0v) is 8.47. The first-order chi connectivity index (χ1) is 7.74. The van der Waals surface area contributed by atoms with E-state index in [1.165, 1.54) is 0 Å². The summed E-state index contributed by atoms with van der Waals surface area (Å²) in [6, 6.07) is 5.20. The number of rotatable bonds is 1. The lowest BCUT2D eigenvalue weighted by atomic mass is 9.95. The maximum Gasteiger partial charge on any atom is 0.335 e. The van der Waals surface area contributed by atoms with Crippen molar-refractivity contribution in [2.24, 2.45) is 4.99 Å². The van der Waals surface area contributed by atoms with Crippen LogP contribution in [0.2, 0.25) is 0 Å². The maximum absolute atomic E-state index is 10.9. The van der Waals surface area contributed by atoms with Gasteiger partial charge in [-0.2, -0.15) is 0 Å². The van der Waals surface area contributed by atoms with Crippen molar-refractivity contribution < 1.29 is 9.90 Å². The van der Waals surface area contributed by atoms with Crippen molar-refractivity contribution in [2.45, 2.75) is 6.42 Å². The quantitative estimate of drug-likeness (QED) is 0.743. The van der Waals surface area contributed by atoms with Crippen LogP contribution in [0.4, 0.5) is 0 Å². The number of carboxylic acid groups (broad SMARTS) is 1. The average Bonchev–Trinajstić information content (AvgIpc) is 2.29. The molecule has 0 spiro atoms. The van der Waals surface area contributed by atoms with Crippen LogP contribution in [0.3, 0.4) is 0 Å². The maximum atomic E-state index is 10.9. The Morgan fingerprint density at radius 1 is 1.38 bits per heavy atom. The Bertz CT molecular complexity index is 666. The molecule has 0 saturated heterocycles. The Balaban J connectivity index is 2.39. The minimum Gasteiger partial charge on any atom is -0.478 e. The SMILES string of the molecule is O=C(O)c1ccc2c(c1)=C1C=CN=C(C=2)C1. The van der Waals surface area contributed by atoms with E-state index < -0.39 is 5.97 Å². The zero-order valence-electron chi connectivity index (χ0n) is 8.47. The van der Waals surface area contributed by atoms with Crippen molar-refractivity contribution in [2.75, 3.05) is 0 Å². The molecule has 1 aliphatic heterocycles. The molecular weight excluding hydrogens is 202 g/mol. The summed E-state index contributed by atoms with van der Waals surface area (Å²) < 4.78 is 0. The Morgan fingerprint density at radius 3 is 3.06 bits per heavy atom. The molecule has 1 aliphatic carbocycles. The second-order valence-corrected chi connectivity index (χ2v) is 3.89. The van der Waals surface area contributed by atoms with E-state index in [2.05, 4.69) is 4.99 Å². The van der Waals surface area contributed by atoms with Crippen molar-refractivity contribution in [3.8, 4) is 0 Å². The number of nitrogens with zero attached hydrogens (tertiary/aromatic N) is 1. The highest BCUT2D eigenvalue weighted by Gasteiger charge is 2.11. The van der Waals surface area contributed by atoms with Gasteiger partial charge in [-0.05, 0) is 40.3 Å². The number of carboxylic acids is 1. The molecule has 0 unspecified atom stereocenters. The van der Waals surface area contributed by atoms with E-state index in [1.807, 2.05) is 18.2 Å². The molecule has 0 amide bonds. The van der Waals surface area contributed by atoms with E-state index in [4.69, 9.17) is 5.11 Å². The molecule has 2 bridgehead atoms. The van der Waals surface area contributed by atoms with Gasteiger partial charge in [0.1, 0.15) is 0 Å². The normalized spacial score (nSPS) is 16.2. The van der Waals surface area contributed by atoms with Gasteiger partial charge in [-0.3, -0.25) is 4.99 Å². The van der Waals surface area contributed by atoms with Crippen molar-refractivity contribution in [1.29, 1.82) is 0 Å². The van der Waals surface area contributed by atoms with Crippen LogP contribution < -0.4 is 10.4 Å². The summed E-state index contributed by atoms with van der Waals surface area (Å²) in [5, 5.41) is 11.0. The van der Waals surface area contributed by atoms with Crippen molar-refractivity contribution >= 4 is 23.3 Å². The van der Waals surface area contributed by atoms with E-state index in [0.29, 0.717) is 5.56 Å². The molecule has 0 fully saturated rings. The van der Waals surface area contributed by atoms with Gasteiger partial charge in [0.05, 0.1) is 5.56 Å². The highest BCUT2D eigenvalue weighted by Crippen LogP contribution is 2.13. The fourth-order valence-corrected chi connectivity index (χ4v) is 2.07. The molecule has 1 N–H and O–H groups in total. The minimum absolute atomic E-state index is 0.332. The topological polar surface area (TPSA) is 49.7 Å². The molecule has 0 saturated carbocycles. The molecule has 2 aliphatic rings. The first-order valence-electron chi connectivity index (χ1n) is 5.05. The second-order valence-electron chi connectivity index (χ2n) is 3.89. The summed E-state index contributed by atoms with van der Waals surface area (Å²) in [4.78, 5) is 15.1. The fraction of sp³-hybridized carbons (Fsp3) is 0.0769. The van der Waals surface area contributed by atoms with Crippen LogP contribution >= 0.6 is 0 Å². The van der Waals surface area contributed by atoms with Crippen molar-refractivity contribution in [3.63, 3.8) is 0 Å². The minimum atomic E-state index is -0.886. The highest BCUT2D eigenvalue weighted by atomic mass is 16.4. The van der Waals surface area contributed by atoms with Crippen molar-refractivity contribution in [1.82, 2.24) is 0 Å². The first-order valence-corrected chi connectivity index (χ1v) is 5.05. The smallest absolute Gasteiger partial charge is 0.335 e. The lowest BCUT2D eigenvalue weighted by molar-refractivity contribution is 0.0697. The fourth-order valence-electron chi connectivity index (χ4n) is 2.07. The zero-order chi connectivity index (χ0) is 11.1. The average molecular weight is 211 g/mol. The third-order valence-corrected chi connectivity index (χ3v) is 2.86. The summed E-state index contributed by atoms with van der Waals surface area (Å²) in [5.74, 6) is -0.886. The second kappa shape index (κ2) is 3.17. The van der Waals surface area contributed by atoms with Gasteiger partial charge >= 0.3 is 5.97 Å². The van der Waals surface area contributed by atoms with Crippen LogP contribution in [0.15, 0.2) is 35.5 Å². The Morgan fingerprint density at radius 2 is 2.25 bits per heavy atom. The molecule has 0 aromatic heterocycles. The number of fused-ring (bicyclic) bond motifs is 3. The molecule has 0 radical (unpaired) electrons. The van der Waals surface area contributed by atoms with Crippen LogP contribution in [0.25, 0.3) is 11.6 Å². The molecule has 3 nitrogen and oxygen atoms in total. The summed E-state index contributed by atoms with van der Waals surface area (Å²) >= 11 is 0. The number of hydrogen-bond donors (Lipinski definition) is 1. The van der Waals surface area contributed by atoms with Gasteiger partial charge < -0.3 is 5.11 Å². The van der Waals surface area contributed by atoms with Crippen LogP contribution in [0, 0.1) is 0 Å². The Hall–Kier alpha value is -2.16. The summed E-state index contributed by atoms with van der Waals surface area (Å²) in [6.45, 7) is 0. The highest BCUT2D eigenvalue weighted by molar-refractivity contribution is 6.16. The van der Waals surface area contributed by atoms with E-state index in [-0.39, 0.29) is 0 Å². The van der Waals surface area contributed by atoms with Crippen LogP contribution in [0.5, 0.6) is 0 Å². The summed E-state index contributed by atoms with van der Waals surface area (Å²) in [5.41, 5.74) is 2.51. The predicted molar refractivity (Wildman–Crippen MR) is 61.7 cm³/mol. The van der Waals surface area contributed by atoms with Crippen LogP contribution in [0.1, 0.15) is 16.8 Å². The van der Waals surface area contributed by atoms with E-state index in [0.717, 1.165) is 28.1 Å². The molecule has 1 aromatic rings. The van der Waals surface area contributed by atoms with Gasteiger partial charge in [-0.1, -0.05) is 6.07 Å². The van der Waals surface area contributed by atoms with Gasteiger partial charge in [0.15, 0.2) is 0 Å². The van der Waals surface area contributed by atoms with Gasteiger partial charge in [0, 0.05) is 18.3 Å². The standard InChI is InChI=1S/C13H9NO2/c15-13(16)10-2-1-8-5-11-6-9(3-4-14-11)12(8)7-10/h1-5,7H,6H2,(H,15,16). The number of carbonyl (C=O) groups is 1. The summed E-state index contributed by atoms with van der Waals surface area (Å²) in [6.07, 6.45) is 6.52. The molecule has 1 aromatic carbocycles. The lowest BCUT2D eigenvalue weighted by Gasteiger charge is -2.12. The Labute approximate surface area is 91.8 Å². The number of hydrogen-bond acceptors (Lipinski definition) is 2. The van der Waals surface area contributed by atoms with E-state index in [9.17, 15) is 4.79 Å². The van der Waals surface area contributed by atoms with Crippen molar-refractivity contribution in [3.05, 3.63) is 46.5 Å². The monoisotopic (exact) mass is 211 g/mol. The molecule has 3 rings (SSSR count). The molecule has 3 heteroatoms. The van der Waals surface area contributed by atoms with Gasteiger partial charge in [0.25, 0.3) is 0 Å². The molecule has 1 heterocycles.